The van der Waals surface area contributed by atoms with Crippen LogP contribution in [0.4, 0.5) is 0 Å². The van der Waals surface area contributed by atoms with Gasteiger partial charge in [0.2, 0.25) is 0 Å². The predicted octanol–water partition coefficient (Wildman–Crippen LogP) is 2.90. The first-order valence-corrected chi connectivity index (χ1v) is 7.84. The Kier molecular flexibility index (Phi) is 6.87. The second-order valence-electron chi connectivity index (χ2n) is 5.30. The molecule has 1 atom stereocenters. The lowest BCUT2D eigenvalue weighted by molar-refractivity contribution is 0.0879. The van der Waals surface area contributed by atoms with Crippen molar-refractivity contribution in [3.8, 4) is 0 Å². The van der Waals surface area contributed by atoms with Gasteiger partial charge in [-0.2, -0.15) is 0 Å². The zero-order chi connectivity index (χ0) is 15.6. The van der Waals surface area contributed by atoms with E-state index in [1.807, 2.05) is 24.3 Å². The smallest absolute Gasteiger partial charge is 0.163 e. The fourth-order valence-corrected chi connectivity index (χ4v) is 2.38. The second kappa shape index (κ2) is 9.18. The standard InChI is InChI=1S/C18H22N2OS/c19-18(22)20-12-17(11-15-7-3-1-4-8-15)14-21-13-16-9-5-2-6-10-16/h1-10,17H,11-14H2,(H3,19,20,22). The average Bonchev–Trinajstić information content (AvgIpc) is 2.54. The third-order valence-corrected chi connectivity index (χ3v) is 3.54. The largest absolute Gasteiger partial charge is 0.376 e. The minimum atomic E-state index is 0.326. The molecule has 3 nitrogen and oxygen atoms in total. The second-order valence-corrected chi connectivity index (χ2v) is 5.74. The Balaban J connectivity index is 1.85. The summed E-state index contributed by atoms with van der Waals surface area (Å²) in [6.45, 7) is 2.01. The summed E-state index contributed by atoms with van der Waals surface area (Å²) in [6.07, 6.45) is 0.936. The van der Waals surface area contributed by atoms with Crippen molar-refractivity contribution in [2.45, 2.75) is 13.0 Å². The SMILES string of the molecule is NC(=S)NCC(COCc1ccccc1)Cc1ccccc1. The normalized spacial score (nSPS) is 11.8. The van der Waals surface area contributed by atoms with Crippen LogP contribution in [-0.2, 0) is 17.8 Å². The summed E-state index contributed by atoms with van der Waals surface area (Å²) >= 11 is 4.89. The number of ether oxygens (including phenoxy) is 1. The first-order chi connectivity index (χ1) is 10.7. The molecule has 0 aromatic heterocycles. The van der Waals surface area contributed by atoms with E-state index in [2.05, 4.69) is 41.7 Å². The maximum absolute atomic E-state index is 5.86. The molecule has 2 aromatic rings. The lowest BCUT2D eigenvalue weighted by atomic mass is 10.00. The Labute approximate surface area is 137 Å². The zero-order valence-electron chi connectivity index (χ0n) is 12.6. The molecular formula is C18H22N2OS. The summed E-state index contributed by atoms with van der Waals surface area (Å²) < 4.78 is 5.86. The molecule has 0 amide bonds. The minimum absolute atomic E-state index is 0.326. The molecule has 116 valence electrons. The van der Waals surface area contributed by atoms with Crippen molar-refractivity contribution in [2.75, 3.05) is 13.2 Å². The van der Waals surface area contributed by atoms with Gasteiger partial charge in [0, 0.05) is 12.5 Å². The van der Waals surface area contributed by atoms with Gasteiger partial charge in [0.05, 0.1) is 13.2 Å². The van der Waals surface area contributed by atoms with Crippen molar-refractivity contribution in [2.24, 2.45) is 11.7 Å². The third-order valence-electron chi connectivity index (χ3n) is 3.40. The molecule has 0 fully saturated rings. The number of rotatable bonds is 8. The van der Waals surface area contributed by atoms with E-state index in [4.69, 9.17) is 22.7 Å². The van der Waals surface area contributed by atoms with Crippen LogP contribution in [0.15, 0.2) is 60.7 Å². The van der Waals surface area contributed by atoms with E-state index in [0.29, 0.717) is 24.2 Å². The van der Waals surface area contributed by atoms with Crippen LogP contribution in [0.3, 0.4) is 0 Å². The van der Waals surface area contributed by atoms with Crippen LogP contribution in [0.1, 0.15) is 11.1 Å². The van der Waals surface area contributed by atoms with Crippen LogP contribution >= 0.6 is 12.2 Å². The van der Waals surface area contributed by atoms with E-state index in [1.54, 1.807) is 0 Å². The van der Waals surface area contributed by atoms with Crippen molar-refractivity contribution >= 4 is 17.3 Å². The highest BCUT2D eigenvalue weighted by molar-refractivity contribution is 7.80. The molecule has 0 bridgehead atoms. The highest BCUT2D eigenvalue weighted by Crippen LogP contribution is 2.10. The first-order valence-electron chi connectivity index (χ1n) is 7.43. The van der Waals surface area contributed by atoms with E-state index < -0.39 is 0 Å². The monoisotopic (exact) mass is 314 g/mol. The van der Waals surface area contributed by atoms with Gasteiger partial charge in [-0.05, 0) is 29.8 Å². The van der Waals surface area contributed by atoms with Crippen LogP contribution in [0.25, 0.3) is 0 Å². The molecule has 0 saturated heterocycles. The van der Waals surface area contributed by atoms with Crippen LogP contribution < -0.4 is 11.1 Å². The van der Waals surface area contributed by atoms with E-state index >= 15 is 0 Å². The highest BCUT2D eigenvalue weighted by atomic mass is 32.1. The summed E-state index contributed by atoms with van der Waals surface area (Å²) in [5, 5.41) is 3.38. The molecule has 0 aliphatic carbocycles. The maximum Gasteiger partial charge on any atom is 0.163 e. The molecule has 0 heterocycles. The van der Waals surface area contributed by atoms with E-state index in [9.17, 15) is 0 Å². The maximum atomic E-state index is 5.86. The summed E-state index contributed by atoms with van der Waals surface area (Å²) in [5.74, 6) is 0.326. The average molecular weight is 314 g/mol. The number of nitrogens with two attached hydrogens (primary N) is 1. The summed E-state index contributed by atoms with van der Waals surface area (Å²) in [4.78, 5) is 0. The number of hydrogen-bond acceptors (Lipinski definition) is 2. The molecule has 0 aliphatic heterocycles. The molecular weight excluding hydrogens is 292 g/mol. The number of nitrogens with one attached hydrogen (secondary N) is 1. The summed E-state index contributed by atoms with van der Waals surface area (Å²) in [5.41, 5.74) is 8.01. The Morgan fingerprint density at radius 2 is 1.59 bits per heavy atom. The minimum Gasteiger partial charge on any atom is -0.376 e. The molecule has 1 unspecified atom stereocenters. The van der Waals surface area contributed by atoms with Crippen LogP contribution in [0, 0.1) is 5.92 Å². The van der Waals surface area contributed by atoms with E-state index in [-0.39, 0.29) is 0 Å². The van der Waals surface area contributed by atoms with Crippen molar-refractivity contribution < 1.29 is 4.74 Å². The van der Waals surface area contributed by atoms with Gasteiger partial charge >= 0.3 is 0 Å². The molecule has 0 spiro atoms. The van der Waals surface area contributed by atoms with Gasteiger partial charge in [0.25, 0.3) is 0 Å². The Morgan fingerprint density at radius 1 is 1.00 bits per heavy atom. The first kappa shape index (κ1) is 16.5. The predicted molar refractivity (Wildman–Crippen MR) is 94.5 cm³/mol. The molecule has 0 saturated carbocycles. The quantitative estimate of drug-likeness (QED) is 0.736. The molecule has 0 aliphatic rings. The summed E-state index contributed by atoms with van der Waals surface area (Å²) in [7, 11) is 0. The van der Waals surface area contributed by atoms with Gasteiger partial charge in [-0.25, -0.2) is 0 Å². The van der Waals surface area contributed by atoms with Crippen LogP contribution in [0.2, 0.25) is 0 Å². The Hall–Kier alpha value is -1.91. The van der Waals surface area contributed by atoms with E-state index in [1.165, 1.54) is 11.1 Å². The molecule has 2 aromatic carbocycles. The molecule has 3 N–H and O–H groups in total. The van der Waals surface area contributed by atoms with Gasteiger partial charge < -0.3 is 15.8 Å². The third kappa shape index (κ3) is 6.24. The van der Waals surface area contributed by atoms with Crippen LogP contribution in [0.5, 0.6) is 0 Å². The van der Waals surface area contributed by atoms with Crippen molar-refractivity contribution in [1.82, 2.24) is 5.32 Å². The topological polar surface area (TPSA) is 47.3 Å². The van der Waals surface area contributed by atoms with Gasteiger partial charge in [-0.15, -0.1) is 0 Å². The summed E-state index contributed by atoms with van der Waals surface area (Å²) in [6, 6.07) is 20.6. The lowest BCUT2D eigenvalue weighted by Crippen LogP contribution is -2.35. The number of thiocarbonyl (C=S) groups is 1. The molecule has 4 heteroatoms. The Bertz CT molecular complexity index is 560. The van der Waals surface area contributed by atoms with Gasteiger partial charge in [-0.1, -0.05) is 60.7 Å². The fourth-order valence-electron chi connectivity index (χ4n) is 2.30. The number of benzene rings is 2. The van der Waals surface area contributed by atoms with Crippen LogP contribution in [-0.4, -0.2) is 18.3 Å². The zero-order valence-corrected chi connectivity index (χ0v) is 13.4. The van der Waals surface area contributed by atoms with Gasteiger partial charge in [0.15, 0.2) is 5.11 Å². The fraction of sp³-hybridized carbons (Fsp3) is 0.278. The van der Waals surface area contributed by atoms with Gasteiger partial charge in [0.1, 0.15) is 0 Å². The highest BCUT2D eigenvalue weighted by Gasteiger charge is 2.10. The number of hydrogen-bond donors (Lipinski definition) is 2. The van der Waals surface area contributed by atoms with E-state index in [0.717, 1.165) is 13.0 Å². The van der Waals surface area contributed by atoms with Crippen molar-refractivity contribution in [1.29, 1.82) is 0 Å². The molecule has 22 heavy (non-hydrogen) atoms. The van der Waals surface area contributed by atoms with Crippen molar-refractivity contribution in [3.05, 3.63) is 71.8 Å². The molecule has 0 radical (unpaired) electrons. The Morgan fingerprint density at radius 3 is 2.18 bits per heavy atom. The van der Waals surface area contributed by atoms with Gasteiger partial charge in [-0.3, -0.25) is 0 Å². The van der Waals surface area contributed by atoms with Crippen molar-refractivity contribution in [3.63, 3.8) is 0 Å². The molecule has 2 rings (SSSR count). The lowest BCUT2D eigenvalue weighted by Gasteiger charge is -2.18.